The second-order valence-electron chi connectivity index (χ2n) is 8.28. The molecule has 176 valence electrons. The first kappa shape index (κ1) is 22.9. The van der Waals surface area contributed by atoms with Crippen LogP contribution in [0.15, 0.2) is 53.7 Å². The number of fused-ring (bicyclic) bond motifs is 1. The first-order valence-electron chi connectivity index (χ1n) is 11.3. The fourth-order valence-corrected chi connectivity index (χ4v) is 5.69. The summed E-state index contributed by atoms with van der Waals surface area (Å²) in [5, 5.41) is 12.9. The van der Waals surface area contributed by atoms with Crippen LogP contribution in [0.25, 0.3) is 10.2 Å². The Morgan fingerprint density at radius 2 is 1.88 bits per heavy atom. The number of thiazole rings is 1. The Bertz CT molecular complexity index is 1270. The van der Waals surface area contributed by atoms with Crippen molar-refractivity contribution in [3.63, 3.8) is 0 Å². The Balaban J connectivity index is 1.28. The highest BCUT2D eigenvalue weighted by molar-refractivity contribution is 7.99. The second kappa shape index (κ2) is 10.6. The van der Waals surface area contributed by atoms with Crippen LogP contribution < -0.4 is 5.32 Å². The van der Waals surface area contributed by atoms with E-state index in [2.05, 4.69) is 42.1 Å². The van der Waals surface area contributed by atoms with Crippen molar-refractivity contribution in [1.82, 2.24) is 24.6 Å². The van der Waals surface area contributed by atoms with Gasteiger partial charge in [-0.15, -0.1) is 10.2 Å². The zero-order valence-electron chi connectivity index (χ0n) is 18.6. The van der Waals surface area contributed by atoms with E-state index in [9.17, 15) is 9.18 Å². The van der Waals surface area contributed by atoms with Gasteiger partial charge in [-0.25, -0.2) is 9.37 Å². The lowest BCUT2D eigenvalue weighted by atomic mass is 10.1. The summed E-state index contributed by atoms with van der Waals surface area (Å²) in [7, 11) is 0. The molecule has 0 aliphatic carbocycles. The van der Waals surface area contributed by atoms with Crippen molar-refractivity contribution in [2.45, 2.75) is 37.5 Å². The molecule has 0 bridgehead atoms. The zero-order valence-corrected chi connectivity index (χ0v) is 20.2. The number of aromatic nitrogens is 4. The maximum Gasteiger partial charge on any atom is 0.236 e. The van der Waals surface area contributed by atoms with Gasteiger partial charge in [0.2, 0.25) is 5.91 Å². The maximum absolute atomic E-state index is 13.4. The number of anilines is 1. The molecular formula is C24H25FN6OS2. The normalized spacial score (nSPS) is 14.5. The number of thioether (sulfide) groups is 1. The molecule has 4 aromatic rings. The number of hydrogen-bond acceptors (Lipinski definition) is 7. The second-order valence-corrected chi connectivity index (χ2v) is 10.2. The molecule has 1 N–H and O–H groups in total. The molecule has 2 aromatic carbocycles. The van der Waals surface area contributed by atoms with Crippen LogP contribution in [0.5, 0.6) is 0 Å². The van der Waals surface area contributed by atoms with E-state index >= 15 is 0 Å². The number of carbonyl (C=O) groups excluding carboxylic acids is 1. The monoisotopic (exact) mass is 496 g/mol. The van der Waals surface area contributed by atoms with Crippen molar-refractivity contribution >= 4 is 44.4 Å². The predicted octanol–water partition coefficient (Wildman–Crippen LogP) is 4.79. The summed E-state index contributed by atoms with van der Waals surface area (Å²) in [4.78, 5) is 19.4. The topological polar surface area (TPSA) is 75.9 Å². The summed E-state index contributed by atoms with van der Waals surface area (Å²) in [6, 6.07) is 14.6. The van der Waals surface area contributed by atoms with Gasteiger partial charge in [-0.3, -0.25) is 9.69 Å². The summed E-state index contributed by atoms with van der Waals surface area (Å²) < 4.78 is 16.2. The van der Waals surface area contributed by atoms with Gasteiger partial charge >= 0.3 is 0 Å². The molecule has 2 aromatic heterocycles. The summed E-state index contributed by atoms with van der Waals surface area (Å²) in [5.74, 6) is 0.599. The van der Waals surface area contributed by atoms with E-state index in [0.717, 1.165) is 36.2 Å². The quantitative estimate of drug-likeness (QED) is 0.354. The minimum Gasteiger partial charge on any atom is -0.301 e. The van der Waals surface area contributed by atoms with Gasteiger partial charge < -0.3 is 9.88 Å². The summed E-state index contributed by atoms with van der Waals surface area (Å²) in [6.45, 7) is 3.57. The van der Waals surface area contributed by atoms with Crippen molar-refractivity contribution in [1.29, 1.82) is 0 Å². The van der Waals surface area contributed by atoms with Gasteiger partial charge in [-0.1, -0.05) is 59.9 Å². The first-order valence-corrected chi connectivity index (χ1v) is 13.1. The summed E-state index contributed by atoms with van der Waals surface area (Å²) in [6.07, 6.45) is 3.72. The number of nitrogens with one attached hydrogen (secondary N) is 1. The average Bonchev–Trinajstić information content (AvgIpc) is 3.42. The van der Waals surface area contributed by atoms with Crippen LogP contribution in [0, 0.1) is 5.82 Å². The highest BCUT2D eigenvalue weighted by atomic mass is 32.2. The number of piperidine rings is 1. The molecule has 1 fully saturated rings. The lowest BCUT2D eigenvalue weighted by Gasteiger charge is -2.26. The van der Waals surface area contributed by atoms with Gasteiger partial charge in [0.25, 0.3) is 0 Å². The van der Waals surface area contributed by atoms with Crippen molar-refractivity contribution in [3.8, 4) is 0 Å². The fourth-order valence-electron chi connectivity index (χ4n) is 4.02. The Kier molecular flexibility index (Phi) is 7.17. The van der Waals surface area contributed by atoms with Crippen LogP contribution in [0.4, 0.5) is 9.52 Å². The molecule has 3 heterocycles. The number of hydrogen-bond donors (Lipinski definition) is 1. The Labute approximate surface area is 205 Å². The largest absolute Gasteiger partial charge is 0.301 e. The fraction of sp³-hybridized carbons (Fsp3) is 0.333. The van der Waals surface area contributed by atoms with Crippen LogP contribution in [-0.2, 0) is 17.9 Å². The van der Waals surface area contributed by atoms with E-state index in [1.807, 2.05) is 18.2 Å². The number of benzene rings is 2. The molecule has 0 unspecified atom stereocenters. The van der Waals surface area contributed by atoms with E-state index in [4.69, 9.17) is 0 Å². The number of rotatable bonds is 8. The SMILES string of the molecule is O=C(CSc1nnc(CN2CCCCC2)n1Cc1ccccc1)Nc1nc2ccc(F)cc2s1. The molecule has 1 saturated heterocycles. The number of halogens is 1. The smallest absolute Gasteiger partial charge is 0.236 e. The van der Waals surface area contributed by atoms with Crippen LogP contribution in [-0.4, -0.2) is 49.4 Å². The van der Waals surface area contributed by atoms with E-state index in [1.165, 1.54) is 54.5 Å². The minimum atomic E-state index is -0.317. The maximum atomic E-state index is 13.4. The number of nitrogens with zero attached hydrogens (tertiary/aromatic N) is 5. The third-order valence-corrected chi connectivity index (χ3v) is 7.62. The number of amides is 1. The highest BCUT2D eigenvalue weighted by Crippen LogP contribution is 2.27. The predicted molar refractivity (Wildman–Crippen MR) is 134 cm³/mol. The lowest BCUT2D eigenvalue weighted by Crippen LogP contribution is -2.30. The van der Waals surface area contributed by atoms with E-state index < -0.39 is 0 Å². The Morgan fingerprint density at radius 1 is 1.06 bits per heavy atom. The molecule has 10 heteroatoms. The van der Waals surface area contributed by atoms with E-state index in [-0.39, 0.29) is 17.5 Å². The molecule has 7 nitrogen and oxygen atoms in total. The molecular weight excluding hydrogens is 471 g/mol. The third kappa shape index (κ3) is 5.63. The first-order chi connectivity index (χ1) is 16.6. The van der Waals surface area contributed by atoms with Crippen molar-refractivity contribution in [3.05, 3.63) is 65.7 Å². The van der Waals surface area contributed by atoms with E-state index in [0.29, 0.717) is 21.9 Å². The van der Waals surface area contributed by atoms with Crippen molar-refractivity contribution in [2.24, 2.45) is 0 Å². The zero-order chi connectivity index (χ0) is 23.3. The average molecular weight is 497 g/mol. The third-order valence-electron chi connectivity index (χ3n) is 5.72. The summed E-state index contributed by atoms with van der Waals surface area (Å²) in [5.41, 5.74) is 1.83. The molecule has 34 heavy (non-hydrogen) atoms. The number of likely N-dealkylation sites (tertiary alicyclic amines) is 1. The Morgan fingerprint density at radius 3 is 2.71 bits per heavy atom. The van der Waals surface area contributed by atoms with Gasteiger partial charge in [0.1, 0.15) is 11.6 Å². The molecule has 0 saturated carbocycles. The van der Waals surface area contributed by atoms with Gasteiger partial charge in [0, 0.05) is 0 Å². The van der Waals surface area contributed by atoms with Crippen LogP contribution in [0.3, 0.4) is 0 Å². The molecule has 1 amide bonds. The van der Waals surface area contributed by atoms with Crippen LogP contribution in [0.2, 0.25) is 0 Å². The molecule has 0 spiro atoms. The van der Waals surface area contributed by atoms with Gasteiger partial charge in [-0.05, 0) is 49.7 Å². The highest BCUT2D eigenvalue weighted by Gasteiger charge is 2.19. The standard InChI is InChI=1S/C24H25FN6OS2/c25-18-9-10-19-20(13-18)34-23(26-19)27-22(32)16-33-24-29-28-21(15-30-11-5-2-6-12-30)31(24)14-17-7-3-1-4-8-17/h1,3-4,7-10,13H,2,5-6,11-12,14-16H2,(H,26,27,32). The lowest BCUT2D eigenvalue weighted by molar-refractivity contribution is -0.113. The van der Waals surface area contributed by atoms with E-state index in [1.54, 1.807) is 6.07 Å². The molecule has 1 aliphatic rings. The molecule has 0 atom stereocenters. The van der Waals surface area contributed by atoms with Gasteiger partial charge in [0.05, 0.1) is 29.1 Å². The Hall–Kier alpha value is -2.82. The van der Waals surface area contributed by atoms with Gasteiger partial charge in [0.15, 0.2) is 10.3 Å². The van der Waals surface area contributed by atoms with Crippen molar-refractivity contribution < 1.29 is 9.18 Å². The van der Waals surface area contributed by atoms with Crippen molar-refractivity contribution in [2.75, 3.05) is 24.2 Å². The van der Waals surface area contributed by atoms with Crippen LogP contribution >= 0.6 is 23.1 Å². The van der Waals surface area contributed by atoms with Crippen LogP contribution in [0.1, 0.15) is 30.7 Å². The summed E-state index contributed by atoms with van der Waals surface area (Å²) >= 11 is 2.62. The molecule has 5 rings (SSSR count). The molecule has 0 radical (unpaired) electrons. The minimum absolute atomic E-state index is 0.181. The number of carbonyl (C=O) groups is 1. The van der Waals surface area contributed by atoms with Gasteiger partial charge in [-0.2, -0.15) is 0 Å². The molecule has 1 aliphatic heterocycles.